The van der Waals surface area contributed by atoms with Crippen molar-refractivity contribution in [2.75, 3.05) is 0 Å². The zero-order valence-electron chi connectivity index (χ0n) is 12.8. The second-order valence-corrected chi connectivity index (χ2v) is 7.41. The highest BCUT2D eigenvalue weighted by atomic mass is 79.9. The third kappa shape index (κ3) is 2.72. The second kappa shape index (κ2) is 6.38. The second-order valence-electron chi connectivity index (χ2n) is 5.56. The third-order valence-corrected chi connectivity index (χ3v) is 6.32. The molecule has 0 aliphatic heterocycles. The zero-order chi connectivity index (χ0) is 16.5. The Balaban J connectivity index is 1.60. The molecule has 4 aromatic rings. The molecule has 1 N–H and O–H groups in total. The molecule has 0 aliphatic carbocycles. The molecule has 0 saturated carbocycles. The Labute approximate surface area is 152 Å². The van der Waals surface area contributed by atoms with Gasteiger partial charge in [0.25, 0.3) is 5.91 Å². The van der Waals surface area contributed by atoms with Crippen molar-refractivity contribution in [3.63, 3.8) is 0 Å². The molecule has 0 saturated heterocycles. The molecule has 0 unspecified atom stereocenters. The molecule has 1 amide bonds. The molecule has 0 aliphatic rings. The molecule has 0 radical (unpaired) electrons. The van der Waals surface area contributed by atoms with E-state index in [1.807, 2.05) is 42.5 Å². The number of amides is 1. The van der Waals surface area contributed by atoms with Crippen molar-refractivity contribution < 1.29 is 4.79 Å². The van der Waals surface area contributed by atoms with E-state index >= 15 is 0 Å². The fourth-order valence-corrected chi connectivity index (χ4v) is 4.77. The molecule has 3 aromatic carbocycles. The Morgan fingerprint density at radius 2 is 1.62 bits per heavy atom. The first-order valence-electron chi connectivity index (χ1n) is 7.66. The number of nitrogens with one attached hydrogen (secondary N) is 1. The van der Waals surface area contributed by atoms with Crippen molar-refractivity contribution in [2.24, 2.45) is 0 Å². The van der Waals surface area contributed by atoms with Crippen molar-refractivity contribution in [3.05, 3.63) is 81.6 Å². The third-order valence-electron chi connectivity index (χ3n) is 4.06. The molecule has 118 valence electrons. The van der Waals surface area contributed by atoms with Gasteiger partial charge >= 0.3 is 0 Å². The summed E-state index contributed by atoms with van der Waals surface area (Å²) in [5.41, 5.74) is 1.12. The summed E-state index contributed by atoms with van der Waals surface area (Å²) in [6, 6.07) is 22.4. The van der Waals surface area contributed by atoms with Crippen molar-refractivity contribution >= 4 is 54.0 Å². The van der Waals surface area contributed by atoms with Crippen LogP contribution in [-0.4, -0.2) is 5.91 Å². The van der Waals surface area contributed by atoms with E-state index in [0.717, 1.165) is 25.0 Å². The minimum Gasteiger partial charge on any atom is -0.347 e. The van der Waals surface area contributed by atoms with Gasteiger partial charge in [0, 0.05) is 21.1 Å². The molecule has 0 bridgehead atoms. The predicted molar refractivity (Wildman–Crippen MR) is 105 cm³/mol. The summed E-state index contributed by atoms with van der Waals surface area (Å²) in [5.74, 6) is -0.0454. The summed E-state index contributed by atoms with van der Waals surface area (Å²) in [5, 5.41) is 6.50. The zero-order valence-corrected chi connectivity index (χ0v) is 15.2. The van der Waals surface area contributed by atoms with Crippen LogP contribution in [0.15, 0.2) is 71.2 Å². The van der Waals surface area contributed by atoms with Crippen LogP contribution in [-0.2, 0) is 6.54 Å². The standard InChI is InChI=1S/C20H14BrNOS/c21-18-16-10-3-4-11-17(16)24-19(18)20(23)22-12-14-8-5-7-13-6-1-2-9-15(13)14/h1-11H,12H2,(H,22,23). The number of hydrogen-bond acceptors (Lipinski definition) is 2. The predicted octanol–water partition coefficient (Wildman–Crippen LogP) is 5.75. The van der Waals surface area contributed by atoms with Gasteiger partial charge in [-0.3, -0.25) is 4.79 Å². The lowest BCUT2D eigenvalue weighted by atomic mass is 10.0. The van der Waals surface area contributed by atoms with E-state index in [1.165, 1.54) is 22.1 Å². The Morgan fingerprint density at radius 1 is 0.917 bits per heavy atom. The maximum absolute atomic E-state index is 12.6. The van der Waals surface area contributed by atoms with Gasteiger partial charge in [-0.15, -0.1) is 11.3 Å². The van der Waals surface area contributed by atoms with Gasteiger partial charge < -0.3 is 5.32 Å². The SMILES string of the molecule is O=C(NCc1cccc2ccccc12)c1sc2ccccc2c1Br. The van der Waals surface area contributed by atoms with Gasteiger partial charge in [0.2, 0.25) is 0 Å². The Hall–Kier alpha value is -2.17. The first-order chi connectivity index (χ1) is 11.7. The molecule has 1 aromatic heterocycles. The first-order valence-corrected chi connectivity index (χ1v) is 9.27. The van der Waals surface area contributed by atoms with Gasteiger partial charge in [-0.1, -0.05) is 60.7 Å². The molecule has 0 spiro atoms. The fourth-order valence-electron chi connectivity index (χ4n) is 2.86. The maximum atomic E-state index is 12.6. The Kier molecular flexibility index (Phi) is 4.08. The number of thiophene rings is 1. The lowest BCUT2D eigenvalue weighted by molar-refractivity contribution is 0.0954. The van der Waals surface area contributed by atoms with Crippen molar-refractivity contribution in [3.8, 4) is 0 Å². The van der Waals surface area contributed by atoms with Crippen LogP contribution in [0.3, 0.4) is 0 Å². The van der Waals surface area contributed by atoms with Crippen molar-refractivity contribution in [2.45, 2.75) is 6.54 Å². The summed E-state index contributed by atoms with van der Waals surface area (Å²) in [4.78, 5) is 13.3. The number of carbonyl (C=O) groups excluding carboxylic acids is 1. The fraction of sp³-hybridized carbons (Fsp3) is 0.0500. The summed E-state index contributed by atoms with van der Waals surface area (Å²) < 4.78 is 1.98. The topological polar surface area (TPSA) is 29.1 Å². The van der Waals surface area contributed by atoms with Gasteiger partial charge in [-0.05, 0) is 38.3 Å². The van der Waals surface area contributed by atoms with Crippen LogP contribution in [0.2, 0.25) is 0 Å². The number of carbonyl (C=O) groups is 1. The van der Waals surface area contributed by atoms with Crippen LogP contribution < -0.4 is 5.32 Å². The molecular weight excluding hydrogens is 382 g/mol. The van der Waals surface area contributed by atoms with Crippen LogP contribution in [0.4, 0.5) is 0 Å². The highest BCUT2D eigenvalue weighted by Crippen LogP contribution is 2.35. The summed E-state index contributed by atoms with van der Waals surface area (Å²) in [6.45, 7) is 0.515. The number of fused-ring (bicyclic) bond motifs is 2. The van der Waals surface area contributed by atoms with E-state index in [-0.39, 0.29) is 5.91 Å². The van der Waals surface area contributed by atoms with Gasteiger partial charge in [0.1, 0.15) is 4.88 Å². The van der Waals surface area contributed by atoms with Crippen LogP contribution in [0, 0.1) is 0 Å². The van der Waals surface area contributed by atoms with Crippen LogP contribution in [0.1, 0.15) is 15.2 Å². The highest BCUT2D eigenvalue weighted by molar-refractivity contribution is 9.10. The quantitative estimate of drug-likeness (QED) is 0.470. The highest BCUT2D eigenvalue weighted by Gasteiger charge is 2.16. The summed E-state index contributed by atoms with van der Waals surface area (Å²) >= 11 is 5.08. The van der Waals surface area contributed by atoms with Gasteiger partial charge in [-0.25, -0.2) is 0 Å². The molecule has 0 atom stereocenters. The number of rotatable bonds is 3. The summed E-state index contributed by atoms with van der Waals surface area (Å²) in [7, 11) is 0. The van der Waals surface area contributed by atoms with E-state index in [4.69, 9.17) is 0 Å². The largest absolute Gasteiger partial charge is 0.347 e. The maximum Gasteiger partial charge on any atom is 0.262 e. The first kappa shape index (κ1) is 15.4. The van der Waals surface area contributed by atoms with E-state index in [1.54, 1.807) is 0 Å². The van der Waals surface area contributed by atoms with E-state index < -0.39 is 0 Å². The normalized spacial score (nSPS) is 11.0. The summed E-state index contributed by atoms with van der Waals surface area (Å²) in [6.07, 6.45) is 0. The van der Waals surface area contributed by atoms with Crippen LogP contribution in [0.5, 0.6) is 0 Å². The number of halogens is 1. The van der Waals surface area contributed by atoms with E-state index in [9.17, 15) is 4.79 Å². The van der Waals surface area contributed by atoms with E-state index in [0.29, 0.717) is 6.54 Å². The van der Waals surface area contributed by atoms with Crippen molar-refractivity contribution in [1.29, 1.82) is 0 Å². The lowest BCUT2D eigenvalue weighted by Gasteiger charge is -2.08. The molecule has 1 heterocycles. The number of benzene rings is 3. The monoisotopic (exact) mass is 395 g/mol. The average Bonchev–Trinajstić information content (AvgIpc) is 2.97. The van der Waals surface area contributed by atoms with Gasteiger partial charge in [0.15, 0.2) is 0 Å². The van der Waals surface area contributed by atoms with Crippen molar-refractivity contribution in [1.82, 2.24) is 5.32 Å². The van der Waals surface area contributed by atoms with E-state index in [2.05, 4.69) is 45.5 Å². The Bertz CT molecular complexity index is 1050. The minimum atomic E-state index is -0.0454. The molecule has 24 heavy (non-hydrogen) atoms. The number of hydrogen-bond donors (Lipinski definition) is 1. The van der Waals surface area contributed by atoms with Crippen LogP contribution in [0.25, 0.3) is 20.9 Å². The lowest BCUT2D eigenvalue weighted by Crippen LogP contribution is -2.22. The Morgan fingerprint density at radius 3 is 2.46 bits per heavy atom. The molecule has 4 heteroatoms. The molecule has 4 rings (SSSR count). The molecule has 0 fully saturated rings. The van der Waals surface area contributed by atoms with Crippen LogP contribution >= 0.6 is 27.3 Å². The molecule has 2 nitrogen and oxygen atoms in total. The minimum absolute atomic E-state index is 0.0454. The van der Waals surface area contributed by atoms with Gasteiger partial charge in [-0.2, -0.15) is 0 Å². The molecular formula is C20H14BrNOS. The average molecular weight is 396 g/mol. The van der Waals surface area contributed by atoms with Gasteiger partial charge in [0.05, 0.1) is 0 Å². The smallest absolute Gasteiger partial charge is 0.262 e.